The molecule has 2 heterocycles. The first-order valence-electron chi connectivity index (χ1n) is 6.50. The van der Waals surface area contributed by atoms with Gasteiger partial charge in [0.15, 0.2) is 5.13 Å². The predicted octanol–water partition coefficient (Wildman–Crippen LogP) is 3.33. The molecular formula is C14H18N2O3S. The summed E-state index contributed by atoms with van der Waals surface area (Å²) in [6, 6.07) is 3.83. The van der Waals surface area contributed by atoms with Gasteiger partial charge in [0.1, 0.15) is 16.4 Å². The predicted molar refractivity (Wildman–Crippen MR) is 78.6 cm³/mol. The Morgan fingerprint density at radius 2 is 2.25 bits per heavy atom. The van der Waals surface area contributed by atoms with Crippen LogP contribution in [0.4, 0.5) is 5.13 Å². The van der Waals surface area contributed by atoms with E-state index in [1.807, 2.05) is 37.9 Å². The lowest BCUT2D eigenvalue weighted by molar-refractivity contribution is 0.0700. The first-order chi connectivity index (χ1) is 9.51. The molecule has 0 aliphatic rings. The quantitative estimate of drug-likeness (QED) is 0.885. The van der Waals surface area contributed by atoms with Crippen molar-refractivity contribution in [2.75, 3.05) is 11.9 Å². The van der Waals surface area contributed by atoms with Gasteiger partial charge in [0.05, 0.1) is 12.2 Å². The van der Waals surface area contributed by atoms with E-state index in [0.29, 0.717) is 28.7 Å². The Morgan fingerprint density at radius 1 is 1.50 bits per heavy atom. The standard InChI is InChI=1S/C14H18N2O3S/c1-4-5-11-12(13(17)18)20-14(15-11)16(3)8-10-7-6-9(2)19-10/h6-7H,4-5,8H2,1-3H3,(H,17,18). The molecule has 2 aromatic heterocycles. The largest absolute Gasteiger partial charge is 0.477 e. The summed E-state index contributed by atoms with van der Waals surface area (Å²) in [6.45, 7) is 4.49. The Labute approximate surface area is 121 Å². The molecule has 0 aromatic carbocycles. The summed E-state index contributed by atoms with van der Waals surface area (Å²) >= 11 is 1.22. The van der Waals surface area contributed by atoms with Gasteiger partial charge in [-0.1, -0.05) is 24.7 Å². The second kappa shape index (κ2) is 6.09. The Hall–Kier alpha value is -1.82. The number of aromatic nitrogens is 1. The fraction of sp³-hybridized carbons (Fsp3) is 0.429. The van der Waals surface area contributed by atoms with Crippen LogP contribution in [0, 0.1) is 6.92 Å². The van der Waals surface area contributed by atoms with Crippen molar-refractivity contribution >= 4 is 22.4 Å². The zero-order valence-electron chi connectivity index (χ0n) is 11.8. The van der Waals surface area contributed by atoms with E-state index in [-0.39, 0.29) is 0 Å². The van der Waals surface area contributed by atoms with Crippen molar-refractivity contribution in [1.82, 2.24) is 4.98 Å². The lowest BCUT2D eigenvalue weighted by Gasteiger charge is -2.13. The molecule has 0 bridgehead atoms. The van der Waals surface area contributed by atoms with Gasteiger partial charge in [0.2, 0.25) is 0 Å². The number of carboxylic acid groups (broad SMARTS) is 1. The van der Waals surface area contributed by atoms with Crippen LogP contribution in [0.5, 0.6) is 0 Å². The van der Waals surface area contributed by atoms with Gasteiger partial charge in [-0.05, 0) is 25.5 Å². The van der Waals surface area contributed by atoms with E-state index in [1.54, 1.807) is 0 Å². The van der Waals surface area contributed by atoms with Crippen LogP contribution in [0.1, 0.15) is 40.2 Å². The van der Waals surface area contributed by atoms with Crippen LogP contribution in [-0.4, -0.2) is 23.1 Å². The SMILES string of the molecule is CCCc1nc(N(C)Cc2ccc(C)o2)sc1C(=O)O. The number of furan rings is 1. The molecule has 0 spiro atoms. The fourth-order valence-corrected chi connectivity index (χ4v) is 2.86. The van der Waals surface area contributed by atoms with Crippen LogP contribution in [0.3, 0.4) is 0 Å². The van der Waals surface area contributed by atoms with E-state index < -0.39 is 5.97 Å². The second-order valence-electron chi connectivity index (χ2n) is 4.70. The Kier molecular flexibility index (Phi) is 4.44. The third kappa shape index (κ3) is 3.19. The maximum Gasteiger partial charge on any atom is 0.347 e. The summed E-state index contributed by atoms with van der Waals surface area (Å²) in [5.74, 6) is 0.805. The first-order valence-corrected chi connectivity index (χ1v) is 7.32. The van der Waals surface area contributed by atoms with E-state index in [4.69, 9.17) is 4.42 Å². The molecule has 0 saturated heterocycles. The van der Waals surface area contributed by atoms with Crippen LogP contribution in [0.2, 0.25) is 0 Å². The van der Waals surface area contributed by atoms with Gasteiger partial charge < -0.3 is 14.4 Å². The molecule has 0 aliphatic carbocycles. The van der Waals surface area contributed by atoms with Crippen molar-refractivity contribution in [1.29, 1.82) is 0 Å². The van der Waals surface area contributed by atoms with E-state index in [1.165, 1.54) is 11.3 Å². The van der Waals surface area contributed by atoms with Gasteiger partial charge in [-0.25, -0.2) is 9.78 Å². The van der Waals surface area contributed by atoms with Crippen molar-refractivity contribution < 1.29 is 14.3 Å². The van der Waals surface area contributed by atoms with Crippen LogP contribution in [-0.2, 0) is 13.0 Å². The molecule has 0 radical (unpaired) electrons. The van der Waals surface area contributed by atoms with Crippen LogP contribution >= 0.6 is 11.3 Å². The summed E-state index contributed by atoms with van der Waals surface area (Å²) in [5.41, 5.74) is 0.669. The smallest absolute Gasteiger partial charge is 0.347 e. The Bertz CT molecular complexity index is 603. The molecule has 0 atom stereocenters. The van der Waals surface area contributed by atoms with E-state index in [2.05, 4.69) is 4.98 Å². The number of aromatic carboxylic acids is 1. The summed E-state index contributed by atoms with van der Waals surface area (Å²) < 4.78 is 5.53. The van der Waals surface area contributed by atoms with Crippen molar-refractivity contribution in [2.45, 2.75) is 33.2 Å². The van der Waals surface area contributed by atoms with Gasteiger partial charge in [-0.3, -0.25) is 0 Å². The van der Waals surface area contributed by atoms with Gasteiger partial charge in [-0.15, -0.1) is 0 Å². The number of nitrogens with zero attached hydrogens (tertiary/aromatic N) is 2. The zero-order chi connectivity index (χ0) is 14.7. The topological polar surface area (TPSA) is 66.6 Å². The minimum Gasteiger partial charge on any atom is -0.477 e. The molecule has 5 nitrogen and oxygen atoms in total. The summed E-state index contributed by atoms with van der Waals surface area (Å²) in [5, 5.41) is 9.92. The molecule has 0 amide bonds. The summed E-state index contributed by atoms with van der Waals surface area (Å²) in [6.07, 6.45) is 1.57. The number of aryl methyl sites for hydroxylation is 2. The number of hydrogen-bond acceptors (Lipinski definition) is 5. The van der Waals surface area contributed by atoms with Gasteiger partial charge in [0, 0.05) is 7.05 Å². The molecule has 2 aromatic rings. The van der Waals surface area contributed by atoms with Crippen molar-refractivity contribution in [2.24, 2.45) is 0 Å². The maximum absolute atomic E-state index is 11.2. The average Bonchev–Trinajstić information content (AvgIpc) is 2.96. The number of carboxylic acids is 1. The highest BCUT2D eigenvalue weighted by atomic mass is 32.1. The zero-order valence-corrected chi connectivity index (χ0v) is 12.7. The van der Waals surface area contributed by atoms with Crippen LogP contribution < -0.4 is 4.90 Å². The second-order valence-corrected chi connectivity index (χ2v) is 5.67. The molecule has 0 fully saturated rings. The summed E-state index contributed by atoms with van der Waals surface area (Å²) in [7, 11) is 1.89. The van der Waals surface area contributed by atoms with Crippen molar-refractivity contribution in [3.8, 4) is 0 Å². The maximum atomic E-state index is 11.2. The lowest BCUT2D eigenvalue weighted by atomic mass is 10.2. The molecule has 6 heteroatoms. The number of hydrogen-bond donors (Lipinski definition) is 1. The lowest BCUT2D eigenvalue weighted by Crippen LogP contribution is -2.15. The highest BCUT2D eigenvalue weighted by molar-refractivity contribution is 7.17. The number of anilines is 1. The third-order valence-corrected chi connectivity index (χ3v) is 4.08. The first kappa shape index (κ1) is 14.6. The molecule has 1 N–H and O–H groups in total. The molecule has 2 rings (SSSR count). The van der Waals surface area contributed by atoms with E-state index in [0.717, 1.165) is 17.9 Å². The number of rotatable bonds is 6. The van der Waals surface area contributed by atoms with Crippen LogP contribution in [0.25, 0.3) is 0 Å². The van der Waals surface area contributed by atoms with Gasteiger partial charge in [0.25, 0.3) is 0 Å². The number of carbonyl (C=O) groups is 1. The molecule has 108 valence electrons. The molecule has 20 heavy (non-hydrogen) atoms. The van der Waals surface area contributed by atoms with Crippen molar-refractivity contribution in [3.63, 3.8) is 0 Å². The van der Waals surface area contributed by atoms with Gasteiger partial charge in [-0.2, -0.15) is 0 Å². The fourth-order valence-electron chi connectivity index (χ4n) is 1.95. The molecular weight excluding hydrogens is 276 g/mol. The van der Waals surface area contributed by atoms with Gasteiger partial charge >= 0.3 is 5.97 Å². The highest BCUT2D eigenvalue weighted by Crippen LogP contribution is 2.27. The monoisotopic (exact) mass is 294 g/mol. The highest BCUT2D eigenvalue weighted by Gasteiger charge is 2.19. The Morgan fingerprint density at radius 3 is 2.80 bits per heavy atom. The molecule has 0 unspecified atom stereocenters. The van der Waals surface area contributed by atoms with E-state index in [9.17, 15) is 9.90 Å². The van der Waals surface area contributed by atoms with E-state index >= 15 is 0 Å². The average molecular weight is 294 g/mol. The number of thiazole rings is 1. The summed E-state index contributed by atoms with van der Waals surface area (Å²) in [4.78, 5) is 17.9. The normalized spacial score (nSPS) is 10.8. The third-order valence-electron chi connectivity index (χ3n) is 2.88. The molecule has 0 saturated carbocycles. The Balaban J connectivity index is 2.19. The minimum atomic E-state index is -0.903. The van der Waals surface area contributed by atoms with Crippen molar-refractivity contribution in [3.05, 3.63) is 34.2 Å². The van der Waals surface area contributed by atoms with Crippen LogP contribution in [0.15, 0.2) is 16.5 Å². The minimum absolute atomic E-state index is 0.337. The molecule has 0 aliphatic heterocycles.